The Balaban J connectivity index is 1.76. The molecule has 1 saturated carbocycles. The predicted octanol–water partition coefficient (Wildman–Crippen LogP) is 1.34. The molecule has 1 aromatic rings. The van der Waals surface area contributed by atoms with E-state index in [1.54, 1.807) is 24.3 Å². The largest absolute Gasteiger partial charge is 0.483 e. The van der Waals surface area contributed by atoms with Crippen molar-refractivity contribution in [3.8, 4) is 5.75 Å². The Morgan fingerprint density at radius 2 is 2.00 bits per heavy atom. The molecule has 6 nitrogen and oxygen atoms in total. The van der Waals surface area contributed by atoms with E-state index in [0.717, 1.165) is 25.7 Å². The van der Waals surface area contributed by atoms with Crippen LogP contribution in [0, 0.1) is 0 Å². The Labute approximate surface area is 135 Å². The van der Waals surface area contributed by atoms with Crippen molar-refractivity contribution in [2.75, 3.05) is 26.3 Å². The van der Waals surface area contributed by atoms with Gasteiger partial charge in [0.25, 0.3) is 11.8 Å². The quantitative estimate of drug-likeness (QED) is 0.908. The van der Waals surface area contributed by atoms with Gasteiger partial charge in [-0.05, 0) is 25.0 Å². The maximum atomic E-state index is 12.9. The zero-order valence-electron chi connectivity index (χ0n) is 13.1. The Morgan fingerprint density at radius 3 is 2.74 bits per heavy atom. The maximum absolute atomic E-state index is 12.9. The smallest absolute Gasteiger partial charge is 0.257 e. The molecular weight excluding hydrogens is 296 g/mol. The summed E-state index contributed by atoms with van der Waals surface area (Å²) in [6, 6.07) is 6.96. The standard InChI is InChI=1S/C17H22N2O4/c18-15(20)11-22-14-6-2-1-5-13(14)16(21)19-9-10-23-17(12-19)7-3-4-8-17/h1-2,5-6H,3-4,7-12H2,(H2,18,20). The van der Waals surface area contributed by atoms with Crippen LogP contribution in [-0.2, 0) is 9.53 Å². The number of hydrogen-bond acceptors (Lipinski definition) is 4. The van der Waals surface area contributed by atoms with E-state index in [9.17, 15) is 9.59 Å². The lowest BCUT2D eigenvalue weighted by Gasteiger charge is -2.40. The molecule has 0 radical (unpaired) electrons. The van der Waals surface area contributed by atoms with Gasteiger partial charge in [0, 0.05) is 6.54 Å². The molecule has 23 heavy (non-hydrogen) atoms. The second-order valence-corrected chi connectivity index (χ2v) is 6.22. The van der Waals surface area contributed by atoms with Crippen molar-refractivity contribution in [3.63, 3.8) is 0 Å². The molecule has 1 saturated heterocycles. The van der Waals surface area contributed by atoms with Crippen molar-refractivity contribution in [3.05, 3.63) is 29.8 Å². The fraction of sp³-hybridized carbons (Fsp3) is 0.529. The lowest BCUT2D eigenvalue weighted by Crippen LogP contribution is -2.52. The molecular formula is C17H22N2O4. The third-order valence-electron chi connectivity index (χ3n) is 4.54. The van der Waals surface area contributed by atoms with Crippen LogP contribution in [0.4, 0.5) is 0 Å². The van der Waals surface area contributed by atoms with E-state index in [1.165, 1.54) is 0 Å². The van der Waals surface area contributed by atoms with Crippen LogP contribution in [0.15, 0.2) is 24.3 Å². The summed E-state index contributed by atoms with van der Waals surface area (Å²) in [4.78, 5) is 25.6. The monoisotopic (exact) mass is 318 g/mol. The topological polar surface area (TPSA) is 81.9 Å². The van der Waals surface area contributed by atoms with Gasteiger partial charge in [-0.25, -0.2) is 0 Å². The van der Waals surface area contributed by atoms with E-state index in [0.29, 0.717) is 31.0 Å². The summed E-state index contributed by atoms with van der Waals surface area (Å²) in [5.41, 5.74) is 5.40. The van der Waals surface area contributed by atoms with Gasteiger partial charge in [-0.1, -0.05) is 25.0 Å². The van der Waals surface area contributed by atoms with Gasteiger partial charge in [0.05, 0.1) is 24.3 Å². The normalized spacial score (nSPS) is 19.7. The minimum atomic E-state index is -0.566. The van der Waals surface area contributed by atoms with Gasteiger partial charge in [-0.15, -0.1) is 0 Å². The minimum absolute atomic E-state index is 0.0837. The summed E-state index contributed by atoms with van der Waals surface area (Å²) in [5.74, 6) is -0.258. The fourth-order valence-electron chi connectivity index (χ4n) is 3.43. The van der Waals surface area contributed by atoms with Gasteiger partial charge in [0.2, 0.25) is 0 Å². The third-order valence-corrected chi connectivity index (χ3v) is 4.54. The molecule has 0 aromatic heterocycles. The number of rotatable bonds is 4. The molecule has 2 aliphatic rings. The summed E-state index contributed by atoms with van der Waals surface area (Å²) in [6.07, 6.45) is 4.33. The summed E-state index contributed by atoms with van der Waals surface area (Å²) in [6.45, 7) is 1.52. The lowest BCUT2D eigenvalue weighted by atomic mass is 9.99. The molecule has 1 aromatic carbocycles. The molecule has 2 fully saturated rings. The number of nitrogens with zero attached hydrogens (tertiary/aromatic N) is 1. The highest BCUT2D eigenvalue weighted by Crippen LogP contribution is 2.36. The molecule has 6 heteroatoms. The van der Waals surface area contributed by atoms with Crippen LogP contribution < -0.4 is 10.5 Å². The molecule has 2 amide bonds. The van der Waals surface area contributed by atoms with Gasteiger partial charge < -0.3 is 20.1 Å². The number of hydrogen-bond donors (Lipinski definition) is 1. The first-order valence-electron chi connectivity index (χ1n) is 8.03. The third kappa shape index (κ3) is 3.47. The Kier molecular flexibility index (Phi) is 4.52. The average molecular weight is 318 g/mol. The molecule has 0 atom stereocenters. The van der Waals surface area contributed by atoms with Crippen molar-refractivity contribution in [1.29, 1.82) is 0 Å². The van der Waals surface area contributed by atoms with Crippen LogP contribution >= 0.6 is 0 Å². The molecule has 0 bridgehead atoms. The molecule has 3 rings (SSSR count). The Hall–Kier alpha value is -2.08. The van der Waals surface area contributed by atoms with Gasteiger partial charge in [0.1, 0.15) is 5.75 Å². The van der Waals surface area contributed by atoms with Crippen LogP contribution in [0.3, 0.4) is 0 Å². The summed E-state index contributed by atoms with van der Waals surface area (Å²) >= 11 is 0. The lowest BCUT2D eigenvalue weighted by molar-refractivity contribution is -0.119. The first-order chi connectivity index (χ1) is 11.1. The second kappa shape index (κ2) is 6.58. The summed E-state index contributed by atoms with van der Waals surface area (Å²) in [5, 5.41) is 0. The molecule has 0 unspecified atom stereocenters. The average Bonchev–Trinajstić information content (AvgIpc) is 3.00. The van der Waals surface area contributed by atoms with Gasteiger partial charge in [-0.2, -0.15) is 0 Å². The highest BCUT2D eigenvalue weighted by Gasteiger charge is 2.41. The number of amides is 2. The van der Waals surface area contributed by atoms with E-state index in [4.69, 9.17) is 15.2 Å². The van der Waals surface area contributed by atoms with Crippen LogP contribution in [0.5, 0.6) is 5.75 Å². The number of ether oxygens (including phenoxy) is 2. The molecule has 1 aliphatic carbocycles. The van der Waals surface area contributed by atoms with Crippen LogP contribution in [0.1, 0.15) is 36.0 Å². The van der Waals surface area contributed by atoms with Gasteiger partial charge in [0.15, 0.2) is 6.61 Å². The maximum Gasteiger partial charge on any atom is 0.257 e. The van der Waals surface area contributed by atoms with Crippen molar-refractivity contribution in [2.45, 2.75) is 31.3 Å². The van der Waals surface area contributed by atoms with E-state index in [2.05, 4.69) is 0 Å². The van der Waals surface area contributed by atoms with Crippen molar-refractivity contribution < 1.29 is 19.1 Å². The number of primary amides is 1. The van der Waals surface area contributed by atoms with Crippen molar-refractivity contribution >= 4 is 11.8 Å². The highest BCUT2D eigenvalue weighted by molar-refractivity contribution is 5.97. The van der Waals surface area contributed by atoms with Crippen molar-refractivity contribution in [2.24, 2.45) is 5.73 Å². The summed E-state index contributed by atoms with van der Waals surface area (Å²) < 4.78 is 11.3. The highest BCUT2D eigenvalue weighted by atomic mass is 16.5. The number of nitrogens with two attached hydrogens (primary N) is 1. The predicted molar refractivity (Wildman–Crippen MR) is 84.2 cm³/mol. The minimum Gasteiger partial charge on any atom is -0.483 e. The van der Waals surface area contributed by atoms with E-state index in [1.807, 2.05) is 4.90 Å². The first-order valence-corrected chi connectivity index (χ1v) is 8.03. The molecule has 124 valence electrons. The van der Waals surface area contributed by atoms with E-state index in [-0.39, 0.29) is 18.1 Å². The summed E-state index contributed by atoms with van der Waals surface area (Å²) in [7, 11) is 0. The number of carbonyl (C=O) groups is 2. The molecule has 1 spiro atoms. The zero-order valence-corrected chi connectivity index (χ0v) is 13.1. The Morgan fingerprint density at radius 1 is 1.26 bits per heavy atom. The number of carbonyl (C=O) groups excluding carboxylic acids is 2. The fourth-order valence-corrected chi connectivity index (χ4v) is 3.43. The van der Waals surface area contributed by atoms with E-state index >= 15 is 0 Å². The SMILES string of the molecule is NC(=O)COc1ccccc1C(=O)N1CCOC2(CCCC2)C1. The van der Waals surface area contributed by atoms with Gasteiger partial charge in [-0.3, -0.25) is 9.59 Å². The molecule has 2 N–H and O–H groups in total. The second-order valence-electron chi connectivity index (χ2n) is 6.22. The molecule has 1 heterocycles. The first kappa shape index (κ1) is 15.8. The number of para-hydroxylation sites is 1. The Bertz CT molecular complexity index is 596. The number of benzene rings is 1. The van der Waals surface area contributed by atoms with Crippen molar-refractivity contribution in [1.82, 2.24) is 4.90 Å². The molecule has 1 aliphatic heterocycles. The zero-order chi connectivity index (χ0) is 16.3. The van der Waals surface area contributed by atoms with Crippen LogP contribution in [-0.4, -0.2) is 48.6 Å². The van der Waals surface area contributed by atoms with E-state index < -0.39 is 5.91 Å². The number of morpholine rings is 1. The van der Waals surface area contributed by atoms with Crippen LogP contribution in [0.25, 0.3) is 0 Å². The van der Waals surface area contributed by atoms with Gasteiger partial charge >= 0.3 is 0 Å². The van der Waals surface area contributed by atoms with Crippen LogP contribution in [0.2, 0.25) is 0 Å².